The van der Waals surface area contributed by atoms with E-state index >= 15 is 0 Å². The van der Waals surface area contributed by atoms with Gasteiger partial charge in [0.15, 0.2) is 0 Å². The average Bonchev–Trinajstić information content (AvgIpc) is 2.45. The molecule has 6 heteroatoms. The van der Waals surface area contributed by atoms with Crippen LogP contribution in [-0.4, -0.2) is 8.42 Å². The Morgan fingerprint density at radius 3 is 2.43 bits per heavy atom. The smallest absolute Gasteiger partial charge is 0.261 e. The molecule has 0 spiro atoms. The fraction of sp³-hybridized carbons (Fsp3) is 0.200. The third kappa shape index (κ3) is 3.99. The summed E-state index contributed by atoms with van der Waals surface area (Å²) in [4.78, 5) is 0.231. The highest BCUT2D eigenvalue weighted by Gasteiger charge is 2.16. The number of rotatable bonds is 5. The second kappa shape index (κ2) is 6.81. The van der Waals surface area contributed by atoms with E-state index in [4.69, 9.17) is 11.6 Å². The fourth-order valence-electron chi connectivity index (χ4n) is 1.91. The van der Waals surface area contributed by atoms with Crippen molar-refractivity contribution >= 4 is 43.2 Å². The van der Waals surface area contributed by atoms with Gasteiger partial charge < -0.3 is 0 Å². The van der Waals surface area contributed by atoms with Crippen LogP contribution in [0.4, 0.5) is 5.69 Å². The highest BCUT2D eigenvalue weighted by molar-refractivity contribution is 9.10. The van der Waals surface area contributed by atoms with Gasteiger partial charge in [-0.15, -0.1) is 0 Å². The Balaban J connectivity index is 2.27. The monoisotopic (exact) mass is 387 g/mol. The summed E-state index contributed by atoms with van der Waals surface area (Å²) in [7, 11) is -3.62. The zero-order chi connectivity index (χ0) is 15.5. The number of anilines is 1. The third-order valence-electron chi connectivity index (χ3n) is 2.97. The highest BCUT2D eigenvalue weighted by Crippen LogP contribution is 2.31. The van der Waals surface area contributed by atoms with Crippen molar-refractivity contribution in [3.63, 3.8) is 0 Å². The number of nitrogens with one attached hydrogen (secondary N) is 1. The van der Waals surface area contributed by atoms with E-state index in [9.17, 15) is 8.42 Å². The summed E-state index contributed by atoms with van der Waals surface area (Å²) in [6, 6.07) is 11.9. The van der Waals surface area contributed by atoms with Gasteiger partial charge in [0, 0.05) is 0 Å². The van der Waals surface area contributed by atoms with E-state index in [0.717, 1.165) is 18.4 Å². The molecule has 112 valence electrons. The predicted molar refractivity (Wildman–Crippen MR) is 90.4 cm³/mol. The Bertz CT molecular complexity index is 730. The molecule has 0 unspecified atom stereocenters. The zero-order valence-electron chi connectivity index (χ0n) is 11.4. The summed E-state index contributed by atoms with van der Waals surface area (Å²) in [6.45, 7) is 2.09. The summed E-state index contributed by atoms with van der Waals surface area (Å²) < 4.78 is 27.8. The molecular weight excluding hydrogens is 374 g/mol. The third-order valence-corrected chi connectivity index (χ3v) is 5.75. The van der Waals surface area contributed by atoms with Crippen molar-refractivity contribution in [2.45, 2.75) is 24.7 Å². The molecule has 0 bridgehead atoms. The van der Waals surface area contributed by atoms with Crippen LogP contribution in [0.15, 0.2) is 51.8 Å². The minimum absolute atomic E-state index is 0.231. The molecule has 0 heterocycles. The summed E-state index contributed by atoms with van der Waals surface area (Å²) in [5.74, 6) is 0. The van der Waals surface area contributed by atoms with Gasteiger partial charge in [-0.3, -0.25) is 4.72 Å². The molecule has 3 nitrogen and oxygen atoms in total. The Morgan fingerprint density at radius 2 is 1.81 bits per heavy atom. The molecule has 2 aromatic carbocycles. The van der Waals surface area contributed by atoms with Gasteiger partial charge in [0.1, 0.15) is 0 Å². The van der Waals surface area contributed by atoms with Crippen LogP contribution < -0.4 is 4.72 Å². The lowest BCUT2D eigenvalue weighted by Crippen LogP contribution is -2.13. The number of aryl methyl sites for hydroxylation is 1. The lowest BCUT2D eigenvalue weighted by atomic mass is 10.1. The van der Waals surface area contributed by atoms with Gasteiger partial charge in [0.25, 0.3) is 10.0 Å². The standard InChI is InChI=1S/C15H15BrClNO2S/c1-2-4-11-7-9-12(10-8-11)21(19,20)18-14-6-3-5-13(17)15(14)16/h3,5-10,18H,2,4H2,1H3. The molecule has 0 atom stereocenters. The normalized spacial score (nSPS) is 11.4. The maximum Gasteiger partial charge on any atom is 0.261 e. The molecule has 0 fully saturated rings. The largest absolute Gasteiger partial charge is 0.278 e. The molecule has 0 aliphatic heterocycles. The van der Waals surface area contributed by atoms with Crippen LogP contribution >= 0.6 is 27.5 Å². The number of hydrogen-bond donors (Lipinski definition) is 1. The Hall–Kier alpha value is -1.04. The minimum atomic E-state index is -3.62. The average molecular weight is 389 g/mol. The van der Waals surface area contributed by atoms with E-state index in [1.54, 1.807) is 30.3 Å². The quantitative estimate of drug-likeness (QED) is 0.795. The van der Waals surface area contributed by atoms with Crippen LogP contribution in [-0.2, 0) is 16.4 Å². The van der Waals surface area contributed by atoms with Gasteiger partial charge in [0.05, 0.1) is 20.1 Å². The van der Waals surface area contributed by atoms with Crippen molar-refractivity contribution in [3.05, 3.63) is 57.5 Å². The van der Waals surface area contributed by atoms with Crippen molar-refractivity contribution in [2.75, 3.05) is 4.72 Å². The lowest BCUT2D eigenvalue weighted by molar-refractivity contribution is 0.601. The molecule has 21 heavy (non-hydrogen) atoms. The van der Waals surface area contributed by atoms with Crippen molar-refractivity contribution in [1.29, 1.82) is 0 Å². The number of sulfonamides is 1. The topological polar surface area (TPSA) is 46.2 Å². The first-order chi connectivity index (χ1) is 9.94. The Labute approximate surface area is 138 Å². The molecule has 0 radical (unpaired) electrons. The minimum Gasteiger partial charge on any atom is -0.278 e. The van der Waals surface area contributed by atoms with Gasteiger partial charge in [0.2, 0.25) is 0 Å². The van der Waals surface area contributed by atoms with E-state index in [2.05, 4.69) is 27.6 Å². The number of halogens is 2. The van der Waals surface area contributed by atoms with Crippen LogP contribution in [0, 0.1) is 0 Å². The molecule has 1 N–H and O–H groups in total. The van der Waals surface area contributed by atoms with E-state index < -0.39 is 10.0 Å². The van der Waals surface area contributed by atoms with Crippen molar-refractivity contribution in [2.24, 2.45) is 0 Å². The van der Waals surface area contributed by atoms with Crippen LogP contribution in [0.3, 0.4) is 0 Å². The van der Waals surface area contributed by atoms with E-state index in [1.807, 2.05) is 12.1 Å². The maximum atomic E-state index is 12.4. The molecule has 2 rings (SSSR count). The summed E-state index contributed by atoms with van der Waals surface area (Å²) in [6.07, 6.45) is 1.97. The van der Waals surface area contributed by atoms with Crippen molar-refractivity contribution < 1.29 is 8.42 Å². The molecule has 0 aliphatic rings. The molecule has 2 aromatic rings. The molecule has 0 aromatic heterocycles. The van der Waals surface area contributed by atoms with Crippen molar-refractivity contribution in [3.8, 4) is 0 Å². The number of hydrogen-bond acceptors (Lipinski definition) is 2. The van der Waals surface area contributed by atoms with Crippen LogP contribution in [0.2, 0.25) is 5.02 Å². The van der Waals surface area contributed by atoms with Gasteiger partial charge in [-0.05, 0) is 52.2 Å². The van der Waals surface area contributed by atoms with E-state index in [1.165, 1.54) is 0 Å². The molecule has 0 amide bonds. The highest BCUT2D eigenvalue weighted by atomic mass is 79.9. The van der Waals surface area contributed by atoms with E-state index in [0.29, 0.717) is 15.2 Å². The zero-order valence-corrected chi connectivity index (χ0v) is 14.6. The SMILES string of the molecule is CCCc1ccc(S(=O)(=O)Nc2cccc(Cl)c2Br)cc1. The summed E-state index contributed by atoms with van der Waals surface area (Å²) in [5.41, 5.74) is 1.54. The van der Waals surface area contributed by atoms with Crippen LogP contribution in [0.25, 0.3) is 0 Å². The molecular formula is C15H15BrClNO2S. The first kappa shape index (κ1) is 16.3. The van der Waals surface area contributed by atoms with Gasteiger partial charge in [-0.2, -0.15) is 0 Å². The number of benzene rings is 2. The van der Waals surface area contributed by atoms with Crippen LogP contribution in [0.5, 0.6) is 0 Å². The van der Waals surface area contributed by atoms with Gasteiger partial charge in [-0.1, -0.05) is 43.1 Å². The fourth-order valence-corrected chi connectivity index (χ4v) is 3.65. The summed E-state index contributed by atoms with van der Waals surface area (Å²) in [5, 5.41) is 0.452. The second-order valence-corrected chi connectivity index (χ2v) is 7.48. The maximum absolute atomic E-state index is 12.4. The first-order valence-electron chi connectivity index (χ1n) is 6.50. The first-order valence-corrected chi connectivity index (χ1v) is 9.15. The Kier molecular flexibility index (Phi) is 5.30. The molecule has 0 saturated carbocycles. The van der Waals surface area contributed by atoms with E-state index in [-0.39, 0.29) is 4.90 Å². The second-order valence-electron chi connectivity index (χ2n) is 4.60. The summed E-state index contributed by atoms with van der Waals surface area (Å²) >= 11 is 9.24. The van der Waals surface area contributed by atoms with Gasteiger partial charge >= 0.3 is 0 Å². The van der Waals surface area contributed by atoms with Crippen molar-refractivity contribution in [1.82, 2.24) is 0 Å². The molecule has 0 aliphatic carbocycles. The molecule has 0 saturated heterocycles. The van der Waals surface area contributed by atoms with Gasteiger partial charge in [-0.25, -0.2) is 8.42 Å². The van der Waals surface area contributed by atoms with Crippen LogP contribution in [0.1, 0.15) is 18.9 Å². The lowest BCUT2D eigenvalue weighted by Gasteiger charge is -2.11. The predicted octanol–water partition coefficient (Wildman–Crippen LogP) is 4.86. The Morgan fingerprint density at radius 1 is 1.14 bits per heavy atom.